The number of aliphatic hydroxyl groups is 2. The van der Waals surface area contributed by atoms with Crippen molar-refractivity contribution in [3.8, 4) is 0 Å². The van der Waals surface area contributed by atoms with Crippen molar-refractivity contribution in [2.45, 2.75) is 116 Å². The zero-order valence-electron chi connectivity index (χ0n) is 17.6. The third-order valence-electron chi connectivity index (χ3n) is 5.03. The molecule has 0 aliphatic heterocycles. The lowest BCUT2D eigenvalue weighted by Crippen LogP contribution is -2.30. The Balaban J connectivity index is 3.55. The number of Topliss-reactive ketones (excluding diaryl/α,β-unsaturated/α-hetero) is 1. The number of carbonyl (C=O) groups excluding carboxylic acids is 2. The Bertz CT molecular complexity index is 370. The summed E-state index contributed by atoms with van der Waals surface area (Å²) in [6, 6.07) is 0. The summed E-state index contributed by atoms with van der Waals surface area (Å²) in [6.45, 7) is 2.95. The van der Waals surface area contributed by atoms with E-state index in [2.05, 4.69) is 11.7 Å². The van der Waals surface area contributed by atoms with Crippen LogP contribution in [-0.4, -0.2) is 34.9 Å². The topological polar surface area (TPSA) is 83.8 Å². The largest absolute Gasteiger partial charge is 0.433 e. The van der Waals surface area contributed by atoms with Crippen LogP contribution in [-0.2, 0) is 14.3 Å². The van der Waals surface area contributed by atoms with Gasteiger partial charge in [-0.2, -0.15) is 0 Å². The van der Waals surface area contributed by atoms with Crippen LogP contribution in [0.25, 0.3) is 0 Å². The van der Waals surface area contributed by atoms with E-state index in [0.29, 0.717) is 6.42 Å². The van der Waals surface area contributed by atoms with Gasteiger partial charge in [0.2, 0.25) is 6.29 Å². The summed E-state index contributed by atoms with van der Waals surface area (Å²) in [5.74, 6) is -1.82. The normalized spacial score (nSPS) is 13.3. The third-order valence-corrected chi connectivity index (χ3v) is 5.03. The van der Waals surface area contributed by atoms with Gasteiger partial charge in [0.1, 0.15) is 18.3 Å². The minimum Gasteiger partial charge on any atom is -0.433 e. The fourth-order valence-electron chi connectivity index (χ4n) is 3.28. The first-order valence-corrected chi connectivity index (χ1v) is 11.0. The maximum absolute atomic E-state index is 11.8. The van der Waals surface area contributed by atoms with Gasteiger partial charge in [-0.15, -0.1) is 0 Å². The summed E-state index contributed by atoms with van der Waals surface area (Å²) in [7, 11) is 0. The van der Waals surface area contributed by atoms with Crippen molar-refractivity contribution in [2.24, 2.45) is 5.92 Å². The summed E-state index contributed by atoms with van der Waals surface area (Å²) in [6.07, 6.45) is 16.5. The summed E-state index contributed by atoms with van der Waals surface area (Å²) in [4.78, 5) is 23.4. The van der Waals surface area contributed by atoms with E-state index in [4.69, 9.17) is 10.2 Å². The monoisotopic (exact) mass is 386 g/mol. The maximum atomic E-state index is 11.8. The maximum Gasteiger partial charge on any atom is 0.318 e. The van der Waals surface area contributed by atoms with Gasteiger partial charge in [-0.1, -0.05) is 96.8 Å². The Hall–Kier alpha value is -0.940. The van der Waals surface area contributed by atoms with E-state index in [-0.39, 0.29) is 5.78 Å². The molecular formula is C22H42O5. The first-order chi connectivity index (χ1) is 13.0. The van der Waals surface area contributed by atoms with E-state index in [1.54, 1.807) is 0 Å². The van der Waals surface area contributed by atoms with E-state index in [1.165, 1.54) is 77.6 Å². The number of unbranched alkanes of at least 4 members (excludes halogenated alkanes) is 13. The molecule has 0 spiro atoms. The van der Waals surface area contributed by atoms with Crippen LogP contribution in [0.1, 0.15) is 110 Å². The average molecular weight is 387 g/mol. The second-order valence-corrected chi connectivity index (χ2v) is 7.62. The molecule has 2 N–H and O–H groups in total. The lowest BCUT2D eigenvalue weighted by molar-refractivity contribution is -0.179. The van der Waals surface area contributed by atoms with Gasteiger partial charge in [-0.3, -0.25) is 9.59 Å². The predicted molar refractivity (Wildman–Crippen MR) is 108 cm³/mol. The van der Waals surface area contributed by atoms with Gasteiger partial charge in [0.05, 0.1) is 0 Å². The zero-order valence-corrected chi connectivity index (χ0v) is 17.6. The predicted octanol–water partition coefficient (Wildman–Crippen LogP) is 4.92. The van der Waals surface area contributed by atoms with Crippen LogP contribution in [0.3, 0.4) is 0 Å². The lowest BCUT2D eigenvalue weighted by Gasteiger charge is -2.15. The number of aliphatic hydroxyl groups excluding tert-OH is 2. The van der Waals surface area contributed by atoms with E-state index >= 15 is 0 Å². The van der Waals surface area contributed by atoms with Gasteiger partial charge >= 0.3 is 5.97 Å². The van der Waals surface area contributed by atoms with E-state index in [1.807, 2.05) is 0 Å². The number of ether oxygens (including phenoxy) is 1. The summed E-state index contributed by atoms with van der Waals surface area (Å²) in [5, 5.41) is 17.8. The Morgan fingerprint density at radius 3 is 1.56 bits per heavy atom. The minimum atomic E-state index is -1.55. The Morgan fingerprint density at radius 2 is 1.19 bits per heavy atom. The van der Waals surface area contributed by atoms with Crippen molar-refractivity contribution in [3.05, 3.63) is 0 Å². The molecule has 0 aliphatic carbocycles. The van der Waals surface area contributed by atoms with E-state index < -0.39 is 24.8 Å². The number of hydrogen-bond donors (Lipinski definition) is 2. The van der Waals surface area contributed by atoms with E-state index in [0.717, 1.165) is 19.3 Å². The van der Waals surface area contributed by atoms with Crippen molar-refractivity contribution < 1.29 is 24.5 Å². The van der Waals surface area contributed by atoms with Crippen LogP contribution in [0, 0.1) is 5.92 Å². The third kappa shape index (κ3) is 15.8. The van der Waals surface area contributed by atoms with Crippen LogP contribution in [0.5, 0.6) is 0 Å². The number of esters is 1. The molecule has 5 nitrogen and oxygen atoms in total. The summed E-state index contributed by atoms with van der Waals surface area (Å²) in [5.41, 5.74) is 0. The van der Waals surface area contributed by atoms with Gasteiger partial charge < -0.3 is 14.9 Å². The van der Waals surface area contributed by atoms with Crippen LogP contribution in [0.2, 0.25) is 0 Å². The van der Waals surface area contributed by atoms with Gasteiger partial charge in [0.25, 0.3) is 0 Å². The highest BCUT2D eigenvalue weighted by atomic mass is 16.6. The first-order valence-electron chi connectivity index (χ1n) is 11.0. The Kier molecular flexibility index (Phi) is 17.8. The average Bonchev–Trinajstić information content (AvgIpc) is 2.64. The SMILES string of the molecule is CCCCCCCCCCCCCCCCC(C(C)=O)C(=O)OC(O)CO. The van der Waals surface area contributed by atoms with Crippen LogP contribution in [0.4, 0.5) is 0 Å². The molecule has 0 fully saturated rings. The van der Waals surface area contributed by atoms with Crippen molar-refractivity contribution in [1.82, 2.24) is 0 Å². The quantitative estimate of drug-likeness (QED) is 0.142. The molecule has 160 valence electrons. The second kappa shape index (κ2) is 18.4. The first kappa shape index (κ1) is 26.1. The standard InChI is InChI=1S/C22H42O5/c1-3-4-5-6-7-8-9-10-11-12-13-14-15-16-17-20(19(2)24)22(26)27-21(25)18-23/h20-21,23,25H,3-18H2,1-2H3. The molecule has 2 atom stereocenters. The second-order valence-electron chi connectivity index (χ2n) is 7.62. The molecule has 0 bridgehead atoms. The molecule has 2 unspecified atom stereocenters. The molecule has 0 aromatic rings. The van der Waals surface area contributed by atoms with E-state index in [9.17, 15) is 9.59 Å². The molecule has 0 radical (unpaired) electrons. The lowest BCUT2D eigenvalue weighted by atomic mass is 9.97. The molecule has 27 heavy (non-hydrogen) atoms. The molecule has 0 aromatic carbocycles. The van der Waals surface area contributed by atoms with Gasteiger partial charge in [-0.05, 0) is 13.3 Å². The molecule has 0 saturated heterocycles. The highest BCUT2D eigenvalue weighted by Gasteiger charge is 2.26. The van der Waals surface area contributed by atoms with Crippen LogP contribution in [0.15, 0.2) is 0 Å². The smallest absolute Gasteiger partial charge is 0.318 e. The Morgan fingerprint density at radius 1 is 0.778 bits per heavy atom. The van der Waals surface area contributed by atoms with Crippen LogP contribution >= 0.6 is 0 Å². The van der Waals surface area contributed by atoms with Crippen molar-refractivity contribution in [1.29, 1.82) is 0 Å². The minimum absolute atomic E-state index is 0.250. The number of carbonyl (C=O) groups is 2. The zero-order chi connectivity index (χ0) is 20.3. The van der Waals surface area contributed by atoms with Crippen molar-refractivity contribution in [3.63, 3.8) is 0 Å². The molecular weight excluding hydrogens is 344 g/mol. The highest BCUT2D eigenvalue weighted by molar-refractivity contribution is 5.97. The Labute approximate surface area is 165 Å². The molecule has 0 aliphatic rings. The summed E-state index contributed by atoms with van der Waals surface area (Å²) >= 11 is 0. The molecule has 5 heteroatoms. The highest BCUT2D eigenvalue weighted by Crippen LogP contribution is 2.17. The molecule has 0 aromatic heterocycles. The molecule has 0 saturated carbocycles. The van der Waals surface area contributed by atoms with Gasteiger partial charge in [0, 0.05) is 0 Å². The van der Waals surface area contributed by atoms with Crippen molar-refractivity contribution >= 4 is 11.8 Å². The van der Waals surface area contributed by atoms with Crippen LogP contribution < -0.4 is 0 Å². The summed E-state index contributed by atoms with van der Waals surface area (Å²) < 4.78 is 4.64. The fraction of sp³-hybridized carbons (Fsp3) is 0.909. The van der Waals surface area contributed by atoms with Gasteiger partial charge in [0.15, 0.2) is 0 Å². The number of hydrogen-bond acceptors (Lipinski definition) is 5. The number of ketones is 1. The van der Waals surface area contributed by atoms with Crippen molar-refractivity contribution in [2.75, 3.05) is 6.61 Å². The van der Waals surface area contributed by atoms with Gasteiger partial charge in [-0.25, -0.2) is 0 Å². The molecule has 0 amide bonds. The molecule has 0 rings (SSSR count). The number of rotatable bonds is 19. The molecule has 0 heterocycles. The fourth-order valence-corrected chi connectivity index (χ4v) is 3.28.